The van der Waals surface area contributed by atoms with Gasteiger partial charge in [-0.1, -0.05) is 91.0 Å². The van der Waals surface area contributed by atoms with E-state index in [0.717, 1.165) is 64.1 Å². The fraction of sp³-hybridized carbons (Fsp3) is 0.105. The second kappa shape index (κ2) is 19.8. The molecule has 12 rings (SSSR count). The Labute approximate surface area is 424 Å². The number of para-hydroxylation sites is 3. The fourth-order valence-corrected chi connectivity index (χ4v) is 9.87. The molecule has 0 spiro atoms. The number of H-pyrrole nitrogens is 3. The van der Waals surface area contributed by atoms with Gasteiger partial charge in [0.05, 0.1) is 33.4 Å². The molecule has 18 nitrogen and oxygen atoms in total. The molecule has 0 aliphatic carbocycles. The molecule has 0 fully saturated rings. The number of aromatic nitrogens is 3. The van der Waals surface area contributed by atoms with E-state index in [9.17, 15) is 58.5 Å². The Morgan fingerprint density at radius 1 is 0.333 bits per heavy atom. The van der Waals surface area contributed by atoms with Gasteiger partial charge >= 0.3 is 17.9 Å². The lowest BCUT2D eigenvalue weighted by molar-refractivity contribution is -0.142. The van der Waals surface area contributed by atoms with E-state index in [1.54, 1.807) is 91.4 Å². The van der Waals surface area contributed by atoms with Crippen molar-refractivity contribution in [1.29, 1.82) is 0 Å². The highest BCUT2D eigenvalue weighted by Crippen LogP contribution is 2.31. The van der Waals surface area contributed by atoms with Crippen LogP contribution in [0.4, 0.5) is 0 Å². The maximum absolute atomic E-state index is 12.6. The number of rotatable bonds is 12. The molecule has 75 heavy (non-hydrogen) atoms. The zero-order valence-electron chi connectivity index (χ0n) is 39.3. The Morgan fingerprint density at radius 2 is 0.533 bits per heavy atom. The summed E-state index contributed by atoms with van der Waals surface area (Å²) < 4.78 is 0. The van der Waals surface area contributed by atoms with Gasteiger partial charge < -0.3 is 30.3 Å². The van der Waals surface area contributed by atoms with Crippen LogP contribution in [0, 0.1) is 0 Å². The zero-order chi connectivity index (χ0) is 52.7. The first-order chi connectivity index (χ1) is 36.2. The van der Waals surface area contributed by atoms with Crippen molar-refractivity contribution in [2.45, 2.75) is 37.4 Å². The van der Waals surface area contributed by atoms with Crippen LogP contribution in [0.25, 0.3) is 32.7 Å². The predicted octanol–water partition coefficient (Wildman–Crippen LogP) is 7.38. The number of hydrogen-bond donors (Lipinski definition) is 6. The average molecular weight is 1000 g/mol. The Hall–Kier alpha value is -10.2. The van der Waals surface area contributed by atoms with E-state index in [1.807, 2.05) is 72.8 Å². The summed E-state index contributed by atoms with van der Waals surface area (Å²) in [4.78, 5) is 123. The SMILES string of the molecule is O=C(O)[C@H](Cc1c[nH]c2ccccc12)N1C(=O)c2ccccc2C1=O.O=C(O)[C@H](Cc1c[nH]c2ccccc12)N1C(=O)c2ccccc2C1=O.O=C(O)[C@H](Cc1c[nH]c2ccccc12)N1C(=O)c2ccccc2C1=O. The first-order valence-electron chi connectivity index (χ1n) is 23.5. The Morgan fingerprint density at radius 3 is 0.747 bits per heavy atom. The second-order valence-corrected chi connectivity index (χ2v) is 17.8. The van der Waals surface area contributed by atoms with E-state index in [1.165, 1.54) is 0 Å². The van der Waals surface area contributed by atoms with Crippen LogP contribution in [0.15, 0.2) is 164 Å². The van der Waals surface area contributed by atoms with Crippen molar-refractivity contribution >= 4 is 86.1 Å². The summed E-state index contributed by atoms with van der Waals surface area (Å²) in [6.45, 7) is 0. The number of imide groups is 3. The molecular formula is C57H42N6O12. The molecule has 0 radical (unpaired) electrons. The summed E-state index contributed by atoms with van der Waals surface area (Å²) in [5.74, 6) is -7.00. The maximum atomic E-state index is 12.6. The smallest absolute Gasteiger partial charge is 0.327 e. The fourth-order valence-electron chi connectivity index (χ4n) is 9.87. The average Bonchev–Trinajstić information content (AvgIpc) is 4.28. The third kappa shape index (κ3) is 8.75. The van der Waals surface area contributed by atoms with Gasteiger partial charge in [0, 0.05) is 70.6 Å². The van der Waals surface area contributed by atoms with Crippen molar-refractivity contribution in [3.63, 3.8) is 0 Å². The molecule has 6 aromatic carbocycles. The molecule has 6 N–H and O–H groups in total. The van der Waals surface area contributed by atoms with E-state index in [-0.39, 0.29) is 52.6 Å². The largest absolute Gasteiger partial charge is 0.480 e. The summed E-state index contributed by atoms with van der Waals surface area (Å²) in [7, 11) is 0. The van der Waals surface area contributed by atoms with Crippen LogP contribution in [-0.2, 0) is 33.6 Å². The number of nitrogens with zero attached hydrogens (tertiary/aromatic N) is 3. The molecule has 9 aromatic rings. The quantitative estimate of drug-likeness (QED) is 0.0655. The minimum atomic E-state index is -1.26. The monoisotopic (exact) mass is 1000 g/mol. The van der Waals surface area contributed by atoms with Gasteiger partial charge in [-0.05, 0) is 71.3 Å². The summed E-state index contributed by atoms with van der Waals surface area (Å²) in [6.07, 6.45) is 5.30. The molecule has 3 aliphatic rings. The van der Waals surface area contributed by atoms with Crippen LogP contribution in [0.2, 0.25) is 0 Å². The molecule has 0 saturated heterocycles. The Balaban J connectivity index is 0.000000128. The molecule has 3 aromatic heterocycles. The van der Waals surface area contributed by atoms with Gasteiger partial charge in [0.25, 0.3) is 35.4 Å². The molecule has 0 bridgehead atoms. The van der Waals surface area contributed by atoms with E-state index < -0.39 is 71.5 Å². The molecule has 6 heterocycles. The molecule has 6 amide bonds. The van der Waals surface area contributed by atoms with E-state index in [4.69, 9.17) is 0 Å². The normalized spacial score (nSPS) is 14.8. The lowest BCUT2D eigenvalue weighted by Gasteiger charge is -2.22. The minimum Gasteiger partial charge on any atom is -0.480 e. The number of amides is 6. The van der Waals surface area contributed by atoms with Crippen molar-refractivity contribution < 1.29 is 58.5 Å². The van der Waals surface area contributed by atoms with Crippen molar-refractivity contribution in [2.75, 3.05) is 0 Å². The Kier molecular flexibility index (Phi) is 12.8. The molecule has 18 heteroatoms. The second-order valence-electron chi connectivity index (χ2n) is 17.8. The number of carboxylic acid groups (broad SMARTS) is 3. The van der Waals surface area contributed by atoms with Gasteiger partial charge in [0.15, 0.2) is 0 Å². The van der Waals surface area contributed by atoms with Crippen LogP contribution in [0.1, 0.15) is 78.8 Å². The van der Waals surface area contributed by atoms with E-state index in [0.29, 0.717) is 0 Å². The van der Waals surface area contributed by atoms with Crippen LogP contribution in [-0.4, -0.2) is 116 Å². The minimum absolute atomic E-state index is 0.0464. The van der Waals surface area contributed by atoms with Crippen LogP contribution in [0.3, 0.4) is 0 Å². The van der Waals surface area contributed by atoms with Gasteiger partial charge in [-0.2, -0.15) is 0 Å². The summed E-state index contributed by atoms with van der Waals surface area (Å²) >= 11 is 0. The number of carboxylic acids is 3. The molecule has 372 valence electrons. The molecule has 0 saturated carbocycles. The van der Waals surface area contributed by atoms with Gasteiger partial charge in [-0.3, -0.25) is 43.5 Å². The standard InChI is InChI=1S/3C19H14N2O4/c3*22-17-13-6-1-2-7-14(13)18(23)21(17)16(19(24)25)9-11-10-20-15-8-4-3-5-12(11)15/h3*1-8,10,16,20H,9H2,(H,24,25)/t3*16-/m000/s1. The summed E-state index contributed by atoms with van der Waals surface area (Å²) in [6, 6.07) is 37.9. The maximum Gasteiger partial charge on any atom is 0.327 e. The zero-order valence-corrected chi connectivity index (χ0v) is 39.3. The van der Waals surface area contributed by atoms with Gasteiger partial charge in [0.2, 0.25) is 0 Å². The summed E-state index contributed by atoms with van der Waals surface area (Å²) in [5.41, 5.74) is 6.37. The van der Waals surface area contributed by atoms with Crippen LogP contribution < -0.4 is 0 Å². The summed E-state index contributed by atoms with van der Waals surface area (Å²) in [5, 5.41) is 31.6. The lowest BCUT2D eigenvalue weighted by Crippen LogP contribution is -2.46. The van der Waals surface area contributed by atoms with E-state index in [2.05, 4.69) is 15.0 Å². The third-order valence-electron chi connectivity index (χ3n) is 13.5. The van der Waals surface area contributed by atoms with Crippen LogP contribution in [0.5, 0.6) is 0 Å². The van der Waals surface area contributed by atoms with Crippen LogP contribution >= 0.6 is 0 Å². The number of hydrogen-bond acceptors (Lipinski definition) is 9. The van der Waals surface area contributed by atoms with Crippen molar-refractivity contribution in [3.8, 4) is 0 Å². The van der Waals surface area contributed by atoms with Crippen molar-refractivity contribution in [2.24, 2.45) is 0 Å². The number of benzene rings is 6. The highest BCUT2D eigenvalue weighted by Gasteiger charge is 2.45. The predicted molar refractivity (Wildman–Crippen MR) is 271 cm³/mol. The number of carbonyl (C=O) groups excluding carboxylic acids is 6. The number of nitrogens with one attached hydrogen (secondary N) is 3. The number of aromatic amines is 3. The van der Waals surface area contributed by atoms with Crippen molar-refractivity contribution in [3.05, 3.63) is 214 Å². The third-order valence-corrected chi connectivity index (χ3v) is 13.5. The Bertz CT molecular complexity index is 3350. The number of fused-ring (bicyclic) bond motifs is 6. The number of carbonyl (C=O) groups is 9. The van der Waals surface area contributed by atoms with Gasteiger partial charge in [-0.25, -0.2) is 14.4 Å². The first kappa shape index (κ1) is 48.4. The lowest BCUT2D eigenvalue weighted by atomic mass is 10.0. The molecular weight excluding hydrogens is 961 g/mol. The number of aliphatic carboxylic acids is 3. The van der Waals surface area contributed by atoms with Gasteiger partial charge in [-0.15, -0.1) is 0 Å². The molecule has 3 aliphatic heterocycles. The highest BCUT2D eigenvalue weighted by molar-refractivity contribution is 6.24. The molecule has 0 unspecified atom stereocenters. The van der Waals surface area contributed by atoms with Crippen molar-refractivity contribution in [1.82, 2.24) is 29.7 Å². The first-order valence-corrected chi connectivity index (χ1v) is 23.5. The topological polar surface area (TPSA) is 271 Å². The highest BCUT2D eigenvalue weighted by atomic mass is 16.4. The van der Waals surface area contributed by atoms with E-state index >= 15 is 0 Å². The molecule has 3 atom stereocenters. The van der Waals surface area contributed by atoms with Gasteiger partial charge in [0.1, 0.15) is 18.1 Å².